The minimum Gasteiger partial charge on any atom is -0.305 e. The number of aryl methyl sites for hydroxylation is 4. The van der Waals surface area contributed by atoms with E-state index in [1.54, 1.807) is 13.1 Å². The fraction of sp³-hybridized carbons (Fsp3) is 0.222. The number of hydrogen-bond donors (Lipinski definition) is 1. The molecular weight excluding hydrogens is 302 g/mol. The Labute approximate surface area is 140 Å². The van der Waals surface area contributed by atoms with Crippen LogP contribution >= 0.6 is 0 Å². The van der Waals surface area contributed by atoms with E-state index in [0.29, 0.717) is 17.2 Å². The van der Waals surface area contributed by atoms with Gasteiger partial charge in [-0.15, -0.1) is 5.10 Å². The molecule has 0 aliphatic heterocycles. The molecular formula is C18H19N5O. The lowest BCUT2D eigenvalue weighted by molar-refractivity contribution is 0.102. The van der Waals surface area contributed by atoms with Crippen LogP contribution in [0.15, 0.2) is 36.5 Å². The lowest BCUT2D eigenvalue weighted by atomic mass is 10.1. The van der Waals surface area contributed by atoms with Crippen LogP contribution in [0, 0.1) is 27.7 Å². The largest absolute Gasteiger partial charge is 0.305 e. The lowest BCUT2D eigenvalue weighted by Gasteiger charge is -2.05. The van der Waals surface area contributed by atoms with Crippen LogP contribution in [-0.4, -0.2) is 25.9 Å². The smallest absolute Gasteiger partial charge is 0.279 e. The van der Waals surface area contributed by atoms with Gasteiger partial charge in [-0.2, -0.15) is 9.90 Å². The van der Waals surface area contributed by atoms with E-state index in [-0.39, 0.29) is 5.91 Å². The first-order valence-corrected chi connectivity index (χ1v) is 7.69. The van der Waals surface area contributed by atoms with Gasteiger partial charge in [-0.1, -0.05) is 17.7 Å². The number of anilines is 1. The van der Waals surface area contributed by atoms with Crippen molar-refractivity contribution in [3.8, 4) is 5.69 Å². The summed E-state index contributed by atoms with van der Waals surface area (Å²) in [6.07, 6.45) is 1.66. The van der Waals surface area contributed by atoms with Crippen LogP contribution in [0.1, 0.15) is 32.9 Å². The summed E-state index contributed by atoms with van der Waals surface area (Å²) in [5, 5.41) is 11.5. The minimum atomic E-state index is -0.318. The van der Waals surface area contributed by atoms with Crippen molar-refractivity contribution < 1.29 is 4.79 Å². The summed E-state index contributed by atoms with van der Waals surface area (Å²) in [6.45, 7) is 7.74. The summed E-state index contributed by atoms with van der Waals surface area (Å²) in [5.41, 5.74) is 4.96. The molecule has 0 radical (unpaired) electrons. The van der Waals surface area contributed by atoms with Crippen molar-refractivity contribution in [3.05, 3.63) is 64.6 Å². The standard InChI is InChI=1S/C18H19N5O/c1-11-5-6-15(13(3)9-11)23-21-14(4)17(22-23)18(24)20-16-10-12(2)7-8-19-16/h5-10H,1-4H3,(H,19,20,24). The van der Waals surface area contributed by atoms with Crippen molar-refractivity contribution in [1.29, 1.82) is 0 Å². The van der Waals surface area contributed by atoms with Crippen LogP contribution in [0.2, 0.25) is 0 Å². The Morgan fingerprint density at radius 2 is 1.75 bits per heavy atom. The fourth-order valence-electron chi connectivity index (χ4n) is 2.51. The summed E-state index contributed by atoms with van der Waals surface area (Å²) in [7, 11) is 0. The molecule has 0 bridgehead atoms. The first kappa shape index (κ1) is 15.9. The maximum absolute atomic E-state index is 12.5. The van der Waals surface area contributed by atoms with Crippen molar-refractivity contribution in [2.45, 2.75) is 27.7 Å². The van der Waals surface area contributed by atoms with Crippen LogP contribution in [-0.2, 0) is 0 Å². The molecule has 3 aromatic rings. The maximum atomic E-state index is 12.5. The van der Waals surface area contributed by atoms with Crippen LogP contribution in [0.25, 0.3) is 5.69 Å². The Hall–Kier alpha value is -3.02. The molecule has 24 heavy (non-hydrogen) atoms. The second-order valence-corrected chi connectivity index (χ2v) is 5.89. The molecule has 1 amide bonds. The Kier molecular flexibility index (Phi) is 4.12. The Bertz CT molecular complexity index is 914. The zero-order valence-electron chi connectivity index (χ0n) is 14.2. The average molecular weight is 321 g/mol. The third-order valence-electron chi connectivity index (χ3n) is 3.72. The van der Waals surface area contributed by atoms with Crippen molar-refractivity contribution in [1.82, 2.24) is 20.0 Å². The van der Waals surface area contributed by atoms with Gasteiger partial charge in [-0.3, -0.25) is 4.79 Å². The highest BCUT2D eigenvalue weighted by Crippen LogP contribution is 2.16. The Morgan fingerprint density at radius 1 is 1.00 bits per heavy atom. The summed E-state index contributed by atoms with van der Waals surface area (Å²) in [5.74, 6) is 0.182. The van der Waals surface area contributed by atoms with Crippen molar-refractivity contribution in [2.24, 2.45) is 0 Å². The van der Waals surface area contributed by atoms with Gasteiger partial charge in [0.1, 0.15) is 5.82 Å². The Morgan fingerprint density at radius 3 is 2.46 bits per heavy atom. The third kappa shape index (κ3) is 3.17. The molecule has 0 atom stereocenters. The van der Waals surface area contributed by atoms with Gasteiger partial charge in [-0.05, 0) is 57.0 Å². The van der Waals surface area contributed by atoms with Crippen LogP contribution < -0.4 is 5.32 Å². The Balaban J connectivity index is 1.89. The summed E-state index contributed by atoms with van der Waals surface area (Å²) >= 11 is 0. The summed E-state index contributed by atoms with van der Waals surface area (Å²) in [6, 6.07) is 9.69. The maximum Gasteiger partial charge on any atom is 0.279 e. The monoisotopic (exact) mass is 321 g/mol. The van der Waals surface area contributed by atoms with Crippen molar-refractivity contribution in [3.63, 3.8) is 0 Å². The first-order valence-electron chi connectivity index (χ1n) is 7.69. The third-order valence-corrected chi connectivity index (χ3v) is 3.72. The molecule has 1 aromatic carbocycles. The van der Waals surface area contributed by atoms with Crippen molar-refractivity contribution in [2.75, 3.05) is 5.32 Å². The highest BCUT2D eigenvalue weighted by atomic mass is 16.2. The van der Waals surface area contributed by atoms with E-state index < -0.39 is 0 Å². The summed E-state index contributed by atoms with van der Waals surface area (Å²) < 4.78 is 0. The highest BCUT2D eigenvalue weighted by molar-refractivity contribution is 6.03. The number of hydrogen-bond acceptors (Lipinski definition) is 4. The molecule has 0 aliphatic carbocycles. The minimum absolute atomic E-state index is 0.290. The van der Waals surface area contributed by atoms with E-state index in [2.05, 4.69) is 26.6 Å². The first-order chi connectivity index (χ1) is 11.4. The van der Waals surface area contributed by atoms with Crippen LogP contribution in [0.3, 0.4) is 0 Å². The summed E-state index contributed by atoms with van der Waals surface area (Å²) in [4.78, 5) is 18.1. The van der Waals surface area contributed by atoms with Gasteiger partial charge in [0, 0.05) is 6.20 Å². The number of pyridine rings is 1. The van der Waals surface area contributed by atoms with Gasteiger partial charge >= 0.3 is 0 Å². The van der Waals surface area contributed by atoms with Crippen LogP contribution in [0.5, 0.6) is 0 Å². The molecule has 0 aliphatic rings. The molecule has 6 nitrogen and oxygen atoms in total. The number of nitrogens with one attached hydrogen (secondary N) is 1. The highest BCUT2D eigenvalue weighted by Gasteiger charge is 2.17. The van der Waals surface area contributed by atoms with E-state index in [0.717, 1.165) is 16.8 Å². The van der Waals surface area contributed by atoms with Crippen molar-refractivity contribution >= 4 is 11.7 Å². The molecule has 2 heterocycles. The zero-order chi connectivity index (χ0) is 17.3. The van der Waals surface area contributed by atoms with E-state index >= 15 is 0 Å². The number of benzene rings is 1. The number of carbonyl (C=O) groups excluding carboxylic acids is 1. The van der Waals surface area contributed by atoms with E-state index in [9.17, 15) is 4.79 Å². The average Bonchev–Trinajstić information content (AvgIpc) is 2.89. The predicted molar refractivity (Wildman–Crippen MR) is 92.5 cm³/mol. The van der Waals surface area contributed by atoms with Gasteiger partial charge in [0.05, 0.1) is 11.4 Å². The SMILES string of the molecule is Cc1ccnc(NC(=O)c2nn(-c3ccc(C)cc3C)nc2C)c1. The molecule has 3 rings (SSSR count). The molecule has 0 fully saturated rings. The topological polar surface area (TPSA) is 72.7 Å². The van der Waals surface area contributed by atoms with E-state index in [4.69, 9.17) is 0 Å². The number of rotatable bonds is 3. The quantitative estimate of drug-likeness (QED) is 0.804. The molecule has 0 saturated heterocycles. The van der Waals surface area contributed by atoms with Gasteiger partial charge in [-0.25, -0.2) is 4.98 Å². The molecule has 0 saturated carbocycles. The molecule has 0 unspecified atom stereocenters. The molecule has 6 heteroatoms. The van der Waals surface area contributed by atoms with E-state index in [1.165, 1.54) is 10.4 Å². The molecule has 2 aromatic heterocycles. The number of amides is 1. The molecule has 122 valence electrons. The predicted octanol–water partition coefficient (Wildman–Crippen LogP) is 3.15. The van der Waals surface area contributed by atoms with Crippen LogP contribution in [0.4, 0.5) is 5.82 Å². The molecule has 0 spiro atoms. The number of nitrogens with zero attached hydrogens (tertiary/aromatic N) is 4. The van der Waals surface area contributed by atoms with Gasteiger partial charge in [0.2, 0.25) is 0 Å². The van der Waals surface area contributed by atoms with Gasteiger partial charge < -0.3 is 5.32 Å². The molecule has 1 N–H and O–H groups in total. The number of carbonyl (C=O) groups is 1. The fourth-order valence-corrected chi connectivity index (χ4v) is 2.51. The zero-order valence-corrected chi connectivity index (χ0v) is 14.2. The number of aromatic nitrogens is 4. The van der Waals surface area contributed by atoms with E-state index in [1.807, 2.05) is 45.0 Å². The normalized spacial score (nSPS) is 10.7. The lowest BCUT2D eigenvalue weighted by Crippen LogP contribution is -2.15. The second kappa shape index (κ2) is 6.23. The van der Waals surface area contributed by atoms with Gasteiger partial charge in [0.15, 0.2) is 5.69 Å². The van der Waals surface area contributed by atoms with Gasteiger partial charge in [0.25, 0.3) is 5.91 Å². The second-order valence-electron chi connectivity index (χ2n) is 5.89.